The van der Waals surface area contributed by atoms with E-state index < -0.39 is 15.8 Å². The number of halogens is 1. The van der Waals surface area contributed by atoms with E-state index in [-0.39, 0.29) is 16.5 Å². The van der Waals surface area contributed by atoms with E-state index in [0.717, 1.165) is 6.07 Å². The van der Waals surface area contributed by atoms with Crippen LogP contribution < -0.4 is 14.8 Å². The second-order valence-electron chi connectivity index (χ2n) is 6.85. The topological polar surface area (TPSA) is 126 Å². The normalized spacial score (nSPS) is 11.3. The summed E-state index contributed by atoms with van der Waals surface area (Å²) < 4.78 is 47.0. The molecule has 32 heavy (non-hydrogen) atoms. The average Bonchev–Trinajstić information content (AvgIpc) is 3.14. The lowest BCUT2D eigenvalue weighted by Crippen LogP contribution is -2.13. The predicted molar refractivity (Wildman–Crippen MR) is 117 cm³/mol. The van der Waals surface area contributed by atoms with Gasteiger partial charge in [-0.3, -0.25) is 14.6 Å². The summed E-state index contributed by atoms with van der Waals surface area (Å²) in [6.45, 7) is 1.37. The third-order valence-electron chi connectivity index (χ3n) is 4.58. The molecule has 0 saturated heterocycles. The Morgan fingerprint density at radius 3 is 2.69 bits per heavy atom. The maximum Gasteiger partial charge on any atom is 0.261 e. The number of carbonyl (C=O) groups is 1. The van der Waals surface area contributed by atoms with Crippen molar-refractivity contribution in [2.24, 2.45) is 0 Å². The number of nitrogens with zero attached hydrogens (tertiary/aromatic N) is 2. The van der Waals surface area contributed by atoms with Crippen molar-refractivity contribution in [2.45, 2.75) is 11.8 Å². The molecule has 0 spiro atoms. The molecule has 4 aromatic rings. The Kier molecular flexibility index (Phi) is 5.49. The number of methoxy groups -OCH3 is 1. The molecule has 0 saturated carbocycles. The molecule has 0 unspecified atom stereocenters. The summed E-state index contributed by atoms with van der Waals surface area (Å²) in [5, 5.41) is 9.93. The number of ether oxygens (including phenoxy) is 1. The van der Waals surface area contributed by atoms with Crippen LogP contribution in [-0.4, -0.2) is 36.6 Å². The Bertz CT molecular complexity index is 1440. The highest BCUT2D eigenvalue weighted by atomic mass is 32.2. The molecule has 0 aliphatic heterocycles. The molecule has 0 aliphatic rings. The van der Waals surface area contributed by atoms with Crippen molar-refractivity contribution in [1.82, 2.24) is 15.2 Å². The summed E-state index contributed by atoms with van der Waals surface area (Å²) in [7, 11) is -2.55. The smallest absolute Gasteiger partial charge is 0.261 e. The minimum atomic E-state index is -4.01. The molecule has 0 fully saturated rings. The summed E-state index contributed by atoms with van der Waals surface area (Å²) in [5.74, 6) is -0.0528. The van der Waals surface area contributed by atoms with E-state index in [4.69, 9.17) is 4.74 Å². The van der Waals surface area contributed by atoms with Crippen LogP contribution in [0.4, 0.5) is 15.9 Å². The molecular weight excluding hydrogens is 437 g/mol. The zero-order chi connectivity index (χ0) is 22.9. The van der Waals surface area contributed by atoms with Gasteiger partial charge in [-0.05, 0) is 42.5 Å². The maximum absolute atomic E-state index is 13.4. The standard InChI is InChI=1S/C21H18FN5O4S/c1-12(28)24-21-18-8-13(11-23-20(18)25-26-21)17-10-16(6-7-19(17)31-2)32(29,30)27-15-5-3-4-14(22)9-15/h3-11,27H,1-2H3,(H2,23,24,25,26,28). The average molecular weight is 455 g/mol. The molecule has 1 amide bonds. The van der Waals surface area contributed by atoms with Crippen molar-refractivity contribution in [2.75, 3.05) is 17.1 Å². The SMILES string of the molecule is COc1ccc(S(=O)(=O)Nc2cccc(F)c2)cc1-c1cnc2n[nH]c(NC(C)=O)c2c1. The highest BCUT2D eigenvalue weighted by Crippen LogP contribution is 2.34. The van der Waals surface area contributed by atoms with Crippen LogP contribution >= 0.6 is 0 Å². The van der Waals surface area contributed by atoms with Crippen LogP contribution in [0, 0.1) is 5.82 Å². The zero-order valence-corrected chi connectivity index (χ0v) is 17.8. The van der Waals surface area contributed by atoms with E-state index in [0.29, 0.717) is 33.7 Å². The van der Waals surface area contributed by atoms with E-state index in [1.54, 1.807) is 6.07 Å². The van der Waals surface area contributed by atoms with Gasteiger partial charge in [0.25, 0.3) is 10.0 Å². The van der Waals surface area contributed by atoms with Crippen LogP contribution in [0.15, 0.2) is 59.6 Å². The quantitative estimate of drug-likeness (QED) is 0.408. The van der Waals surface area contributed by atoms with Crippen molar-refractivity contribution in [1.29, 1.82) is 0 Å². The minimum Gasteiger partial charge on any atom is -0.496 e. The Hall–Kier alpha value is -3.99. The van der Waals surface area contributed by atoms with E-state index in [9.17, 15) is 17.6 Å². The van der Waals surface area contributed by atoms with Crippen molar-refractivity contribution in [3.05, 3.63) is 60.5 Å². The van der Waals surface area contributed by atoms with E-state index in [1.165, 1.54) is 56.6 Å². The summed E-state index contributed by atoms with van der Waals surface area (Å²) in [4.78, 5) is 15.7. The number of sulfonamides is 1. The number of rotatable bonds is 6. The van der Waals surface area contributed by atoms with Gasteiger partial charge in [-0.25, -0.2) is 17.8 Å². The first-order chi connectivity index (χ1) is 15.3. The van der Waals surface area contributed by atoms with Crippen molar-refractivity contribution in [3.63, 3.8) is 0 Å². The lowest BCUT2D eigenvalue weighted by atomic mass is 10.1. The third kappa shape index (κ3) is 4.23. The molecule has 9 nitrogen and oxygen atoms in total. The monoisotopic (exact) mass is 455 g/mol. The molecule has 2 aromatic heterocycles. The number of carbonyl (C=O) groups excluding carboxylic acids is 1. The lowest BCUT2D eigenvalue weighted by Gasteiger charge is -2.13. The molecule has 0 atom stereocenters. The first-order valence-electron chi connectivity index (χ1n) is 9.35. The molecule has 0 aliphatic carbocycles. The van der Waals surface area contributed by atoms with Crippen LogP contribution in [0.3, 0.4) is 0 Å². The van der Waals surface area contributed by atoms with Gasteiger partial charge in [0.1, 0.15) is 17.4 Å². The van der Waals surface area contributed by atoms with E-state index in [1.807, 2.05) is 0 Å². The second kappa shape index (κ2) is 8.27. The first kappa shape index (κ1) is 21.2. The fourth-order valence-electron chi connectivity index (χ4n) is 3.16. The molecule has 164 valence electrons. The summed E-state index contributed by atoms with van der Waals surface area (Å²) in [6, 6.07) is 11.2. The number of hydrogen-bond donors (Lipinski definition) is 3. The number of aromatic amines is 1. The highest BCUT2D eigenvalue weighted by molar-refractivity contribution is 7.92. The molecule has 0 radical (unpaired) electrons. The Morgan fingerprint density at radius 1 is 1.16 bits per heavy atom. The largest absolute Gasteiger partial charge is 0.496 e. The van der Waals surface area contributed by atoms with Gasteiger partial charge >= 0.3 is 0 Å². The van der Waals surface area contributed by atoms with E-state index >= 15 is 0 Å². The molecule has 2 aromatic carbocycles. The Balaban J connectivity index is 1.78. The fraction of sp³-hybridized carbons (Fsp3) is 0.0952. The number of anilines is 2. The number of aromatic nitrogens is 3. The minimum absolute atomic E-state index is 0.0491. The van der Waals surface area contributed by atoms with Gasteiger partial charge in [-0.1, -0.05) is 6.07 Å². The van der Waals surface area contributed by atoms with Crippen LogP contribution in [0.2, 0.25) is 0 Å². The van der Waals surface area contributed by atoms with Gasteiger partial charge in [0, 0.05) is 24.2 Å². The van der Waals surface area contributed by atoms with Crippen LogP contribution in [0.25, 0.3) is 22.2 Å². The molecular formula is C21H18FN5O4S. The fourth-order valence-corrected chi connectivity index (χ4v) is 4.24. The van der Waals surface area contributed by atoms with Crippen molar-refractivity contribution >= 4 is 38.5 Å². The third-order valence-corrected chi connectivity index (χ3v) is 5.96. The predicted octanol–water partition coefficient (Wildman–Crippen LogP) is 3.53. The number of fused-ring (bicyclic) bond motifs is 1. The number of pyridine rings is 1. The van der Waals surface area contributed by atoms with E-state index in [2.05, 4.69) is 25.2 Å². The lowest BCUT2D eigenvalue weighted by molar-refractivity contribution is -0.114. The van der Waals surface area contributed by atoms with Gasteiger partial charge in [0.15, 0.2) is 5.65 Å². The summed E-state index contributed by atoms with van der Waals surface area (Å²) in [6.07, 6.45) is 1.52. The van der Waals surface area contributed by atoms with Gasteiger partial charge in [-0.15, -0.1) is 0 Å². The second-order valence-corrected chi connectivity index (χ2v) is 8.54. The van der Waals surface area contributed by atoms with Gasteiger partial charge in [0.2, 0.25) is 5.91 Å². The molecule has 2 heterocycles. The van der Waals surface area contributed by atoms with Crippen LogP contribution in [-0.2, 0) is 14.8 Å². The Morgan fingerprint density at radius 2 is 1.97 bits per heavy atom. The number of H-pyrrole nitrogens is 1. The van der Waals surface area contributed by atoms with Crippen LogP contribution in [0.1, 0.15) is 6.92 Å². The molecule has 4 rings (SSSR count). The highest BCUT2D eigenvalue weighted by Gasteiger charge is 2.19. The first-order valence-corrected chi connectivity index (χ1v) is 10.8. The number of amides is 1. The summed E-state index contributed by atoms with van der Waals surface area (Å²) >= 11 is 0. The summed E-state index contributed by atoms with van der Waals surface area (Å²) in [5.41, 5.74) is 1.49. The van der Waals surface area contributed by atoms with Crippen molar-refractivity contribution < 1.29 is 22.3 Å². The Labute approximate surface area is 182 Å². The van der Waals surface area contributed by atoms with Gasteiger partial charge < -0.3 is 10.1 Å². The number of nitrogens with one attached hydrogen (secondary N) is 3. The maximum atomic E-state index is 13.4. The molecule has 3 N–H and O–H groups in total. The van der Waals surface area contributed by atoms with Gasteiger partial charge in [-0.2, -0.15) is 5.10 Å². The zero-order valence-electron chi connectivity index (χ0n) is 17.0. The number of benzene rings is 2. The van der Waals surface area contributed by atoms with Crippen LogP contribution in [0.5, 0.6) is 5.75 Å². The molecule has 11 heteroatoms. The molecule has 0 bridgehead atoms. The van der Waals surface area contributed by atoms with Crippen molar-refractivity contribution in [3.8, 4) is 16.9 Å². The number of hydrogen-bond acceptors (Lipinski definition) is 6. The van der Waals surface area contributed by atoms with Gasteiger partial charge in [0.05, 0.1) is 23.1 Å².